The molecule has 0 aliphatic heterocycles. The molecule has 41 heavy (non-hydrogen) atoms. The second-order valence-corrected chi connectivity index (χ2v) is 12.0. The van der Waals surface area contributed by atoms with Gasteiger partial charge in [-0.3, -0.25) is 14.0 Å². The van der Waals surface area contributed by atoms with Gasteiger partial charge in [0, 0.05) is 35.6 Å². The summed E-state index contributed by atoms with van der Waals surface area (Å²) in [7, 11) is 0. The molecular formula is C32H38N6O3. The second-order valence-electron chi connectivity index (χ2n) is 12.0. The number of amides is 1. The number of nitrogen functional groups attached to an aromatic ring is 1. The summed E-state index contributed by atoms with van der Waals surface area (Å²) in [5.74, 6) is 2.08. The lowest BCUT2D eigenvalue weighted by Gasteiger charge is -2.25. The molecule has 9 nitrogen and oxygen atoms in total. The smallest absolute Gasteiger partial charge is 0.309 e. The van der Waals surface area contributed by atoms with Crippen molar-refractivity contribution in [1.82, 2.24) is 19.4 Å². The number of nitrogens with zero attached hydrogens (tertiary/aromatic N) is 4. The highest BCUT2D eigenvalue weighted by atomic mass is 16.6. The van der Waals surface area contributed by atoms with Crippen LogP contribution in [0.25, 0.3) is 16.8 Å². The molecule has 1 saturated carbocycles. The van der Waals surface area contributed by atoms with Crippen LogP contribution in [0.2, 0.25) is 0 Å². The van der Waals surface area contributed by atoms with E-state index in [0.29, 0.717) is 23.1 Å². The zero-order valence-corrected chi connectivity index (χ0v) is 24.3. The van der Waals surface area contributed by atoms with E-state index in [1.54, 1.807) is 36.7 Å². The number of fused-ring (bicyclic) bond motifs is 1. The molecule has 1 aliphatic rings. The average molecular weight is 555 g/mol. The summed E-state index contributed by atoms with van der Waals surface area (Å²) < 4.78 is 7.70. The SMILES string of the molecule is CC(C(=O)OC(C)(C)C)C1CCC(C(C)c2nc(-c3ccc(C(=O)Nc4ccccn4)cc3)c3c(N)nccn23)C1. The van der Waals surface area contributed by atoms with Crippen molar-refractivity contribution in [1.29, 1.82) is 0 Å². The first kappa shape index (κ1) is 28.3. The maximum Gasteiger partial charge on any atom is 0.309 e. The Labute approximate surface area is 240 Å². The Balaban J connectivity index is 1.37. The Morgan fingerprint density at radius 3 is 2.44 bits per heavy atom. The first-order valence-electron chi connectivity index (χ1n) is 14.2. The van der Waals surface area contributed by atoms with Gasteiger partial charge in [0.2, 0.25) is 0 Å². The number of pyridine rings is 1. The molecular weight excluding hydrogens is 516 g/mol. The number of anilines is 2. The predicted octanol–water partition coefficient (Wildman–Crippen LogP) is 6.12. The standard InChI is InChI=1S/C32H38N6O3/c1-19(23-13-14-24(18-23)20(2)31(40)41-32(3,4)5)29-37-26(27-28(33)35-16-17-38(27)29)21-9-11-22(12-10-21)30(39)36-25-8-6-7-15-34-25/h6-12,15-17,19-20,23-24H,13-14,18H2,1-5H3,(H2,33,35)(H,34,36,39). The number of nitrogens with two attached hydrogens (primary N) is 1. The minimum Gasteiger partial charge on any atom is -0.460 e. The number of esters is 1. The Morgan fingerprint density at radius 2 is 1.76 bits per heavy atom. The summed E-state index contributed by atoms with van der Waals surface area (Å²) in [5.41, 5.74) is 8.72. The molecule has 1 aliphatic carbocycles. The molecule has 0 saturated heterocycles. The van der Waals surface area contributed by atoms with E-state index >= 15 is 0 Å². The molecule has 3 N–H and O–H groups in total. The molecule has 4 aromatic rings. The van der Waals surface area contributed by atoms with Crippen LogP contribution in [0.5, 0.6) is 0 Å². The molecule has 4 unspecified atom stereocenters. The molecule has 0 spiro atoms. The number of hydrogen-bond acceptors (Lipinski definition) is 7. The van der Waals surface area contributed by atoms with Crippen LogP contribution in [0, 0.1) is 17.8 Å². The first-order valence-corrected chi connectivity index (χ1v) is 14.2. The molecule has 5 rings (SSSR count). The number of hydrogen-bond donors (Lipinski definition) is 2. The van der Waals surface area contributed by atoms with Crippen LogP contribution < -0.4 is 11.1 Å². The van der Waals surface area contributed by atoms with Crippen molar-refractivity contribution in [2.24, 2.45) is 17.8 Å². The number of carbonyl (C=O) groups excluding carboxylic acids is 2. The van der Waals surface area contributed by atoms with E-state index in [1.807, 2.05) is 56.5 Å². The minimum absolute atomic E-state index is 0.125. The molecule has 3 aromatic heterocycles. The highest BCUT2D eigenvalue weighted by Gasteiger charge is 2.38. The minimum atomic E-state index is -0.489. The molecule has 9 heteroatoms. The van der Waals surface area contributed by atoms with Gasteiger partial charge in [-0.1, -0.05) is 32.0 Å². The van der Waals surface area contributed by atoms with Gasteiger partial charge in [0.05, 0.1) is 5.92 Å². The quantitative estimate of drug-likeness (QED) is 0.264. The van der Waals surface area contributed by atoms with E-state index < -0.39 is 5.60 Å². The van der Waals surface area contributed by atoms with Crippen LogP contribution in [0.1, 0.15) is 76.0 Å². The van der Waals surface area contributed by atoms with Crippen LogP contribution in [0.3, 0.4) is 0 Å². The first-order chi connectivity index (χ1) is 19.5. The topological polar surface area (TPSA) is 124 Å². The van der Waals surface area contributed by atoms with Gasteiger partial charge < -0.3 is 15.8 Å². The lowest BCUT2D eigenvalue weighted by molar-refractivity contribution is -0.161. The second kappa shape index (κ2) is 11.3. The Bertz CT molecular complexity index is 1540. The Morgan fingerprint density at radius 1 is 1.02 bits per heavy atom. The molecule has 214 valence electrons. The summed E-state index contributed by atoms with van der Waals surface area (Å²) in [6.07, 6.45) is 8.16. The van der Waals surface area contributed by atoms with Gasteiger partial charge >= 0.3 is 5.97 Å². The number of carbonyl (C=O) groups is 2. The van der Waals surface area contributed by atoms with E-state index in [2.05, 4.69) is 22.2 Å². The van der Waals surface area contributed by atoms with Crippen LogP contribution >= 0.6 is 0 Å². The fourth-order valence-corrected chi connectivity index (χ4v) is 5.77. The fourth-order valence-electron chi connectivity index (χ4n) is 5.77. The van der Waals surface area contributed by atoms with E-state index in [1.165, 1.54) is 0 Å². The highest BCUT2D eigenvalue weighted by Crippen LogP contribution is 2.44. The monoisotopic (exact) mass is 554 g/mol. The maximum absolute atomic E-state index is 12.7. The van der Waals surface area contributed by atoms with Crippen LogP contribution in [-0.2, 0) is 9.53 Å². The molecule has 4 atom stereocenters. The van der Waals surface area contributed by atoms with Crippen molar-refractivity contribution >= 4 is 29.0 Å². The zero-order chi connectivity index (χ0) is 29.3. The fraction of sp³-hybridized carbons (Fsp3) is 0.406. The van der Waals surface area contributed by atoms with Crippen molar-refractivity contribution in [3.8, 4) is 11.3 Å². The predicted molar refractivity (Wildman–Crippen MR) is 159 cm³/mol. The third kappa shape index (κ3) is 6.09. The normalized spacial score (nSPS) is 18.7. The Kier molecular flexibility index (Phi) is 7.80. The molecule has 0 radical (unpaired) electrons. The summed E-state index contributed by atoms with van der Waals surface area (Å²) in [4.78, 5) is 39.0. The average Bonchev–Trinajstić information content (AvgIpc) is 3.59. The van der Waals surface area contributed by atoms with E-state index in [9.17, 15) is 9.59 Å². The van der Waals surface area contributed by atoms with Gasteiger partial charge in [-0.05, 0) is 76.1 Å². The van der Waals surface area contributed by atoms with Gasteiger partial charge in [-0.2, -0.15) is 0 Å². The summed E-state index contributed by atoms with van der Waals surface area (Å²) in [6.45, 7) is 9.91. The third-order valence-electron chi connectivity index (χ3n) is 8.05. The van der Waals surface area contributed by atoms with Gasteiger partial charge in [-0.25, -0.2) is 15.0 Å². The van der Waals surface area contributed by atoms with Gasteiger partial charge in [-0.15, -0.1) is 0 Å². The maximum atomic E-state index is 12.7. The number of rotatable bonds is 7. The van der Waals surface area contributed by atoms with E-state index in [0.717, 1.165) is 41.9 Å². The van der Waals surface area contributed by atoms with E-state index in [4.69, 9.17) is 15.5 Å². The van der Waals surface area contributed by atoms with Crippen molar-refractivity contribution in [3.05, 3.63) is 72.4 Å². The van der Waals surface area contributed by atoms with Crippen molar-refractivity contribution < 1.29 is 14.3 Å². The van der Waals surface area contributed by atoms with E-state index in [-0.39, 0.29) is 29.6 Å². The Hall–Kier alpha value is -4.27. The van der Waals surface area contributed by atoms with Gasteiger partial charge in [0.15, 0.2) is 0 Å². The molecule has 1 aromatic carbocycles. The lowest BCUT2D eigenvalue weighted by atomic mass is 9.87. The van der Waals surface area contributed by atoms with Crippen molar-refractivity contribution in [3.63, 3.8) is 0 Å². The van der Waals surface area contributed by atoms with Crippen LogP contribution in [0.15, 0.2) is 61.1 Å². The van der Waals surface area contributed by atoms with Crippen LogP contribution in [-0.4, -0.2) is 36.8 Å². The number of benzene rings is 1. The highest BCUT2D eigenvalue weighted by molar-refractivity contribution is 6.04. The largest absolute Gasteiger partial charge is 0.460 e. The van der Waals surface area contributed by atoms with Crippen molar-refractivity contribution in [2.45, 2.75) is 65.4 Å². The number of ether oxygens (including phenoxy) is 1. The van der Waals surface area contributed by atoms with Gasteiger partial charge in [0.25, 0.3) is 5.91 Å². The number of imidazole rings is 1. The van der Waals surface area contributed by atoms with Crippen LogP contribution in [0.4, 0.5) is 11.6 Å². The third-order valence-corrected chi connectivity index (χ3v) is 8.05. The number of aromatic nitrogens is 4. The lowest BCUT2D eigenvalue weighted by Crippen LogP contribution is -2.30. The van der Waals surface area contributed by atoms with Crippen molar-refractivity contribution in [2.75, 3.05) is 11.1 Å². The summed E-state index contributed by atoms with van der Waals surface area (Å²) >= 11 is 0. The number of nitrogens with one attached hydrogen (secondary N) is 1. The summed E-state index contributed by atoms with van der Waals surface area (Å²) in [5, 5.41) is 2.81. The molecule has 1 amide bonds. The van der Waals surface area contributed by atoms with Gasteiger partial charge in [0.1, 0.15) is 34.3 Å². The molecule has 3 heterocycles. The summed E-state index contributed by atoms with van der Waals surface area (Å²) in [6, 6.07) is 12.7. The molecule has 1 fully saturated rings. The molecule has 0 bridgehead atoms. The zero-order valence-electron chi connectivity index (χ0n) is 24.3.